The Labute approximate surface area is 120 Å². The van der Waals surface area contributed by atoms with Gasteiger partial charge in [-0.05, 0) is 23.6 Å². The molecule has 0 aliphatic carbocycles. The van der Waals surface area contributed by atoms with Gasteiger partial charge >= 0.3 is 6.36 Å². The maximum Gasteiger partial charge on any atom is 0.573 e. The summed E-state index contributed by atoms with van der Waals surface area (Å²) < 4.78 is 40.1. The molecule has 1 unspecified atom stereocenters. The molecule has 0 spiro atoms. The van der Waals surface area contributed by atoms with Gasteiger partial charge in [0.2, 0.25) is 5.91 Å². The molecule has 4 nitrogen and oxygen atoms in total. The molecule has 0 bridgehead atoms. The number of carbonyl (C=O) groups excluding carboxylic acids is 1. The molecule has 1 aromatic carbocycles. The summed E-state index contributed by atoms with van der Waals surface area (Å²) >= 11 is 0. The van der Waals surface area contributed by atoms with Gasteiger partial charge in [0, 0.05) is 6.54 Å². The summed E-state index contributed by atoms with van der Waals surface area (Å²) in [5, 5.41) is 12.1. The molecule has 0 aliphatic rings. The first-order chi connectivity index (χ1) is 9.67. The SMILES string of the molecule is CC(C)C(O)CNC(=O)Cc1cccc(OC(F)(F)F)c1. The molecular weight excluding hydrogens is 287 g/mol. The number of hydrogen-bond acceptors (Lipinski definition) is 3. The highest BCUT2D eigenvalue weighted by Crippen LogP contribution is 2.23. The van der Waals surface area contributed by atoms with E-state index in [1.807, 2.05) is 13.8 Å². The molecular formula is C14H18F3NO3. The summed E-state index contributed by atoms with van der Waals surface area (Å²) in [5.41, 5.74) is 0.397. The number of aliphatic hydroxyl groups excluding tert-OH is 1. The molecule has 0 saturated carbocycles. The minimum atomic E-state index is -4.76. The molecule has 118 valence electrons. The second kappa shape index (κ2) is 7.31. The Morgan fingerprint density at radius 1 is 1.38 bits per heavy atom. The van der Waals surface area contributed by atoms with Crippen molar-refractivity contribution in [3.8, 4) is 5.75 Å². The maximum absolute atomic E-state index is 12.1. The molecule has 0 fully saturated rings. The fourth-order valence-electron chi connectivity index (χ4n) is 1.55. The Hall–Kier alpha value is -1.76. The van der Waals surface area contributed by atoms with Gasteiger partial charge in [-0.3, -0.25) is 4.79 Å². The molecule has 1 atom stereocenters. The van der Waals surface area contributed by atoms with E-state index in [-0.39, 0.29) is 30.5 Å². The van der Waals surface area contributed by atoms with Crippen molar-refractivity contribution in [2.24, 2.45) is 5.92 Å². The predicted molar refractivity (Wildman–Crippen MR) is 70.7 cm³/mol. The van der Waals surface area contributed by atoms with E-state index in [0.717, 1.165) is 12.1 Å². The van der Waals surface area contributed by atoms with Gasteiger partial charge < -0.3 is 15.2 Å². The molecule has 0 heterocycles. The first kappa shape index (κ1) is 17.3. The zero-order valence-corrected chi connectivity index (χ0v) is 11.8. The molecule has 0 saturated heterocycles. The number of rotatable bonds is 6. The molecule has 0 radical (unpaired) electrons. The van der Waals surface area contributed by atoms with Gasteiger partial charge in [0.1, 0.15) is 5.75 Å². The van der Waals surface area contributed by atoms with Crippen molar-refractivity contribution in [2.45, 2.75) is 32.7 Å². The van der Waals surface area contributed by atoms with Gasteiger partial charge in [-0.2, -0.15) is 0 Å². The largest absolute Gasteiger partial charge is 0.573 e. The Bertz CT molecular complexity index is 475. The van der Waals surface area contributed by atoms with Crippen molar-refractivity contribution < 1.29 is 27.8 Å². The molecule has 7 heteroatoms. The fraction of sp³-hybridized carbons (Fsp3) is 0.500. The van der Waals surface area contributed by atoms with E-state index >= 15 is 0 Å². The summed E-state index contributed by atoms with van der Waals surface area (Å²) in [6, 6.07) is 5.23. The van der Waals surface area contributed by atoms with Gasteiger partial charge in [-0.25, -0.2) is 0 Å². The van der Waals surface area contributed by atoms with Crippen molar-refractivity contribution in [3.63, 3.8) is 0 Å². The van der Waals surface area contributed by atoms with Crippen LogP contribution in [0.4, 0.5) is 13.2 Å². The van der Waals surface area contributed by atoms with Crippen molar-refractivity contribution in [2.75, 3.05) is 6.54 Å². The van der Waals surface area contributed by atoms with Crippen LogP contribution in [0.3, 0.4) is 0 Å². The number of aliphatic hydroxyl groups is 1. The zero-order chi connectivity index (χ0) is 16.0. The van der Waals surface area contributed by atoms with Crippen LogP contribution in [0.15, 0.2) is 24.3 Å². The lowest BCUT2D eigenvalue weighted by molar-refractivity contribution is -0.274. The Balaban J connectivity index is 2.55. The summed E-state index contributed by atoms with van der Waals surface area (Å²) in [5.74, 6) is -0.734. The second-order valence-electron chi connectivity index (χ2n) is 4.99. The van der Waals surface area contributed by atoms with Gasteiger partial charge in [-0.15, -0.1) is 13.2 Å². The van der Waals surface area contributed by atoms with E-state index in [4.69, 9.17) is 0 Å². The van der Waals surface area contributed by atoms with Crippen LogP contribution < -0.4 is 10.1 Å². The highest BCUT2D eigenvalue weighted by Gasteiger charge is 2.31. The minimum absolute atomic E-state index is 0.00816. The summed E-state index contributed by atoms with van der Waals surface area (Å²) in [7, 11) is 0. The van der Waals surface area contributed by atoms with Crippen LogP contribution in [-0.4, -0.2) is 30.0 Å². The third-order valence-corrected chi connectivity index (χ3v) is 2.77. The topological polar surface area (TPSA) is 58.6 Å². The van der Waals surface area contributed by atoms with Crippen LogP contribution in [0, 0.1) is 5.92 Å². The van der Waals surface area contributed by atoms with E-state index in [9.17, 15) is 23.1 Å². The van der Waals surface area contributed by atoms with E-state index < -0.39 is 12.5 Å². The highest BCUT2D eigenvalue weighted by atomic mass is 19.4. The third kappa shape index (κ3) is 6.99. The number of amides is 1. The van der Waals surface area contributed by atoms with E-state index in [1.165, 1.54) is 12.1 Å². The van der Waals surface area contributed by atoms with Crippen molar-refractivity contribution in [1.29, 1.82) is 0 Å². The standard InChI is InChI=1S/C14H18F3NO3/c1-9(2)12(19)8-18-13(20)7-10-4-3-5-11(6-10)21-14(15,16)17/h3-6,9,12,19H,7-8H2,1-2H3,(H,18,20). The normalized spacial score (nSPS) is 13.1. The van der Waals surface area contributed by atoms with Crippen molar-refractivity contribution >= 4 is 5.91 Å². The van der Waals surface area contributed by atoms with Crippen LogP contribution in [0.2, 0.25) is 0 Å². The average Bonchev–Trinajstić information content (AvgIpc) is 2.34. The van der Waals surface area contributed by atoms with Gasteiger partial charge in [0.15, 0.2) is 0 Å². The number of alkyl halides is 3. The molecule has 0 aromatic heterocycles. The number of halogens is 3. The average molecular weight is 305 g/mol. The number of hydrogen-bond donors (Lipinski definition) is 2. The number of benzene rings is 1. The molecule has 1 rings (SSSR count). The van der Waals surface area contributed by atoms with E-state index in [0.29, 0.717) is 5.56 Å². The molecule has 21 heavy (non-hydrogen) atoms. The Kier molecular flexibility index (Phi) is 6.02. The van der Waals surface area contributed by atoms with Gasteiger partial charge in [-0.1, -0.05) is 26.0 Å². The molecule has 1 amide bonds. The third-order valence-electron chi connectivity index (χ3n) is 2.77. The number of carbonyl (C=O) groups is 1. The monoisotopic (exact) mass is 305 g/mol. The van der Waals surface area contributed by atoms with Crippen LogP contribution in [-0.2, 0) is 11.2 Å². The van der Waals surface area contributed by atoms with Crippen LogP contribution in [0.5, 0.6) is 5.75 Å². The first-order valence-corrected chi connectivity index (χ1v) is 6.47. The smallest absolute Gasteiger partial charge is 0.406 e. The van der Waals surface area contributed by atoms with Gasteiger partial charge in [0.25, 0.3) is 0 Å². The summed E-state index contributed by atoms with van der Waals surface area (Å²) in [4.78, 5) is 11.7. The highest BCUT2D eigenvalue weighted by molar-refractivity contribution is 5.78. The van der Waals surface area contributed by atoms with E-state index in [1.54, 1.807) is 0 Å². The quantitative estimate of drug-likeness (QED) is 0.847. The van der Waals surface area contributed by atoms with Crippen LogP contribution in [0.1, 0.15) is 19.4 Å². The maximum atomic E-state index is 12.1. The molecule has 2 N–H and O–H groups in total. The Morgan fingerprint density at radius 3 is 2.62 bits per heavy atom. The summed E-state index contributed by atoms with van der Waals surface area (Å²) in [6.07, 6.45) is -5.50. The van der Waals surface area contributed by atoms with Crippen molar-refractivity contribution in [3.05, 3.63) is 29.8 Å². The summed E-state index contributed by atoms with van der Waals surface area (Å²) in [6.45, 7) is 3.73. The number of nitrogens with one attached hydrogen (secondary N) is 1. The lowest BCUT2D eigenvalue weighted by Gasteiger charge is -2.15. The lowest BCUT2D eigenvalue weighted by atomic mass is 10.1. The minimum Gasteiger partial charge on any atom is -0.406 e. The van der Waals surface area contributed by atoms with Gasteiger partial charge in [0.05, 0.1) is 12.5 Å². The Morgan fingerprint density at radius 2 is 2.05 bits per heavy atom. The second-order valence-corrected chi connectivity index (χ2v) is 4.99. The van der Waals surface area contributed by atoms with Crippen LogP contribution in [0.25, 0.3) is 0 Å². The zero-order valence-electron chi connectivity index (χ0n) is 11.8. The molecule has 0 aliphatic heterocycles. The van der Waals surface area contributed by atoms with Crippen LogP contribution >= 0.6 is 0 Å². The first-order valence-electron chi connectivity index (χ1n) is 6.47. The predicted octanol–water partition coefficient (Wildman–Crippen LogP) is 2.26. The molecule has 1 aromatic rings. The van der Waals surface area contributed by atoms with E-state index in [2.05, 4.69) is 10.1 Å². The van der Waals surface area contributed by atoms with Crippen molar-refractivity contribution in [1.82, 2.24) is 5.32 Å². The lowest BCUT2D eigenvalue weighted by Crippen LogP contribution is -2.35. The fourth-order valence-corrected chi connectivity index (χ4v) is 1.55. The number of ether oxygens (including phenoxy) is 1.